The van der Waals surface area contributed by atoms with Gasteiger partial charge in [0.2, 0.25) is 0 Å². The van der Waals surface area contributed by atoms with Crippen molar-refractivity contribution in [2.75, 3.05) is 6.61 Å². The van der Waals surface area contributed by atoms with E-state index in [0.29, 0.717) is 29.7 Å². The molecule has 0 saturated carbocycles. The third-order valence-electron chi connectivity index (χ3n) is 4.51. The number of ether oxygens (including phenoxy) is 2. The summed E-state index contributed by atoms with van der Waals surface area (Å²) in [5.74, 6) is -0.145. The summed E-state index contributed by atoms with van der Waals surface area (Å²) in [7, 11) is 0. The Balaban J connectivity index is 2.06. The van der Waals surface area contributed by atoms with Crippen molar-refractivity contribution in [2.24, 2.45) is 0 Å². The Labute approximate surface area is 180 Å². The number of halogens is 6. The van der Waals surface area contributed by atoms with Gasteiger partial charge in [0, 0.05) is 11.8 Å². The van der Waals surface area contributed by atoms with E-state index in [1.165, 1.54) is 35.0 Å². The molecule has 1 heterocycles. The van der Waals surface area contributed by atoms with E-state index in [9.17, 15) is 26.3 Å². The summed E-state index contributed by atoms with van der Waals surface area (Å²) in [4.78, 5) is 0. The molecule has 0 fully saturated rings. The summed E-state index contributed by atoms with van der Waals surface area (Å²) in [5, 5.41) is 4.45. The predicted octanol–water partition coefficient (Wildman–Crippen LogP) is 6.81. The highest BCUT2D eigenvalue weighted by molar-refractivity contribution is 5.67. The van der Waals surface area contributed by atoms with Gasteiger partial charge < -0.3 is 9.47 Å². The maximum absolute atomic E-state index is 13.3. The normalized spacial score (nSPS) is 12.1. The fraction of sp³-hybridized carbons (Fsp3) is 0.318. The van der Waals surface area contributed by atoms with Crippen molar-refractivity contribution in [1.29, 1.82) is 0 Å². The zero-order chi connectivity index (χ0) is 23.5. The Bertz CT molecular complexity index is 1060. The standard InChI is InChI=1S/C22H20F6N2O2/c1-3-5-18-17(14-6-9-16(10-7-14)32-22(26,27)28)13-30(29-18)19-12-15(21(23,24)25)8-11-20(19)31-4-2/h6-13H,3-5H2,1-2H3. The van der Waals surface area contributed by atoms with Gasteiger partial charge in [-0.2, -0.15) is 18.3 Å². The molecule has 0 atom stereocenters. The molecule has 0 saturated heterocycles. The molecule has 0 N–H and O–H groups in total. The monoisotopic (exact) mass is 458 g/mol. The van der Waals surface area contributed by atoms with Gasteiger partial charge in [0.05, 0.1) is 17.9 Å². The van der Waals surface area contributed by atoms with Crippen LogP contribution in [0.15, 0.2) is 48.7 Å². The number of aryl methyl sites for hydroxylation is 1. The summed E-state index contributed by atoms with van der Waals surface area (Å²) >= 11 is 0. The topological polar surface area (TPSA) is 36.3 Å². The molecule has 3 aromatic rings. The van der Waals surface area contributed by atoms with Gasteiger partial charge in [-0.15, -0.1) is 13.2 Å². The second-order valence-corrected chi connectivity index (χ2v) is 6.87. The molecule has 0 radical (unpaired) electrons. The number of alkyl halides is 6. The molecule has 32 heavy (non-hydrogen) atoms. The third-order valence-corrected chi connectivity index (χ3v) is 4.51. The fourth-order valence-corrected chi connectivity index (χ4v) is 3.18. The molecular formula is C22H20F6N2O2. The first-order valence-corrected chi connectivity index (χ1v) is 9.81. The van der Waals surface area contributed by atoms with Gasteiger partial charge in [0.15, 0.2) is 0 Å². The van der Waals surface area contributed by atoms with Crippen molar-refractivity contribution in [3.05, 3.63) is 59.9 Å². The Kier molecular flexibility index (Phi) is 6.71. The average molecular weight is 458 g/mol. The molecule has 0 unspecified atom stereocenters. The van der Waals surface area contributed by atoms with Gasteiger partial charge in [-0.05, 0) is 49.2 Å². The van der Waals surface area contributed by atoms with Crippen molar-refractivity contribution < 1.29 is 35.8 Å². The molecule has 1 aromatic heterocycles. The molecular weight excluding hydrogens is 438 g/mol. The molecule has 172 valence electrons. The first-order chi connectivity index (χ1) is 15.0. The number of hydrogen-bond donors (Lipinski definition) is 0. The van der Waals surface area contributed by atoms with E-state index in [-0.39, 0.29) is 23.8 Å². The van der Waals surface area contributed by atoms with E-state index in [0.717, 1.165) is 12.1 Å². The highest BCUT2D eigenvalue weighted by Gasteiger charge is 2.32. The van der Waals surface area contributed by atoms with Crippen molar-refractivity contribution in [1.82, 2.24) is 9.78 Å². The SMILES string of the molecule is CCCc1nn(-c2cc(C(F)(F)F)ccc2OCC)cc1-c1ccc(OC(F)(F)F)cc1. The van der Waals surface area contributed by atoms with Crippen LogP contribution in [0.4, 0.5) is 26.3 Å². The molecule has 0 bridgehead atoms. The molecule has 2 aromatic carbocycles. The maximum Gasteiger partial charge on any atom is 0.573 e. The Morgan fingerprint density at radius 3 is 2.19 bits per heavy atom. The summed E-state index contributed by atoms with van der Waals surface area (Å²) in [6, 6.07) is 8.36. The lowest BCUT2D eigenvalue weighted by atomic mass is 10.0. The summed E-state index contributed by atoms with van der Waals surface area (Å²) < 4.78 is 87.7. The molecule has 3 rings (SSSR count). The third kappa shape index (κ3) is 5.54. The van der Waals surface area contributed by atoms with Gasteiger partial charge in [-0.25, -0.2) is 4.68 Å². The van der Waals surface area contributed by atoms with Crippen LogP contribution in [0.2, 0.25) is 0 Å². The quantitative estimate of drug-likeness (QED) is 0.365. The minimum atomic E-state index is -4.81. The highest BCUT2D eigenvalue weighted by Crippen LogP contribution is 2.36. The van der Waals surface area contributed by atoms with E-state index < -0.39 is 18.1 Å². The van der Waals surface area contributed by atoms with Gasteiger partial charge in [0.1, 0.15) is 17.2 Å². The smallest absolute Gasteiger partial charge is 0.492 e. The number of benzene rings is 2. The lowest BCUT2D eigenvalue weighted by Crippen LogP contribution is -2.16. The van der Waals surface area contributed by atoms with Crippen molar-refractivity contribution in [2.45, 2.75) is 39.2 Å². The van der Waals surface area contributed by atoms with Crippen LogP contribution in [-0.4, -0.2) is 22.7 Å². The van der Waals surface area contributed by atoms with Crippen molar-refractivity contribution in [3.63, 3.8) is 0 Å². The zero-order valence-electron chi connectivity index (χ0n) is 17.2. The number of aromatic nitrogens is 2. The fourth-order valence-electron chi connectivity index (χ4n) is 3.18. The maximum atomic E-state index is 13.3. The molecule has 0 amide bonds. The summed E-state index contributed by atoms with van der Waals surface area (Å²) in [6.45, 7) is 3.87. The molecule has 0 aliphatic carbocycles. The molecule has 10 heteroatoms. The van der Waals surface area contributed by atoms with E-state index in [2.05, 4.69) is 9.84 Å². The van der Waals surface area contributed by atoms with Crippen molar-refractivity contribution >= 4 is 0 Å². The second kappa shape index (κ2) is 9.13. The summed E-state index contributed by atoms with van der Waals surface area (Å²) in [5.41, 5.74) is 1.00. The summed E-state index contributed by atoms with van der Waals surface area (Å²) in [6.07, 6.45) is -6.58. The van der Waals surface area contributed by atoms with Crippen LogP contribution in [0.3, 0.4) is 0 Å². The lowest BCUT2D eigenvalue weighted by molar-refractivity contribution is -0.274. The van der Waals surface area contributed by atoms with Gasteiger partial charge in [-0.3, -0.25) is 0 Å². The van der Waals surface area contributed by atoms with Gasteiger partial charge >= 0.3 is 12.5 Å². The minimum absolute atomic E-state index is 0.113. The van der Waals surface area contributed by atoms with Crippen LogP contribution in [0, 0.1) is 0 Å². The predicted molar refractivity (Wildman–Crippen MR) is 106 cm³/mol. The van der Waals surface area contributed by atoms with Crippen LogP contribution in [0.25, 0.3) is 16.8 Å². The van der Waals surface area contributed by atoms with E-state index in [4.69, 9.17) is 4.74 Å². The van der Waals surface area contributed by atoms with Crippen LogP contribution in [0.5, 0.6) is 11.5 Å². The minimum Gasteiger partial charge on any atom is -0.492 e. The van der Waals surface area contributed by atoms with Gasteiger partial charge in [-0.1, -0.05) is 25.5 Å². The Morgan fingerprint density at radius 1 is 0.938 bits per heavy atom. The molecule has 4 nitrogen and oxygen atoms in total. The van der Waals surface area contributed by atoms with Crippen LogP contribution >= 0.6 is 0 Å². The Hall–Kier alpha value is -3.17. The number of nitrogens with zero attached hydrogens (tertiary/aromatic N) is 2. The first-order valence-electron chi connectivity index (χ1n) is 9.81. The lowest BCUT2D eigenvalue weighted by Gasteiger charge is -2.13. The molecule has 0 spiro atoms. The number of hydrogen-bond acceptors (Lipinski definition) is 3. The van der Waals surface area contributed by atoms with Crippen LogP contribution < -0.4 is 9.47 Å². The Morgan fingerprint density at radius 2 is 1.62 bits per heavy atom. The van der Waals surface area contributed by atoms with Crippen LogP contribution in [-0.2, 0) is 12.6 Å². The number of rotatable bonds is 7. The average Bonchev–Trinajstić information content (AvgIpc) is 3.11. The molecule has 0 aliphatic heterocycles. The largest absolute Gasteiger partial charge is 0.573 e. The van der Waals surface area contributed by atoms with Crippen LogP contribution in [0.1, 0.15) is 31.5 Å². The second-order valence-electron chi connectivity index (χ2n) is 6.87. The molecule has 0 aliphatic rings. The van der Waals surface area contributed by atoms with Gasteiger partial charge in [0.25, 0.3) is 0 Å². The van der Waals surface area contributed by atoms with E-state index >= 15 is 0 Å². The first kappa shape index (κ1) is 23.5. The zero-order valence-corrected chi connectivity index (χ0v) is 17.2. The van der Waals surface area contributed by atoms with E-state index in [1.54, 1.807) is 13.1 Å². The highest BCUT2D eigenvalue weighted by atomic mass is 19.4. The van der Waals surface area contributed by atoms with Crippen molar-refractivity contribution in [3.8, 4) is 28.3 Å². The van der Waals surface area contributed by atoms with E-state index in [1.807, 2.05) is 6.92 Å².